The van der Waals surface area contributed by atoms with Crippen molar-refractivity contribution in [2.24, 2.45) is 5.10 Å². The number of carbonyl (C=O) groups excluding carboxylic acids is 1. The molecule has 0 aliphatic heterocycles. The molecule has 5 heteroatoms. The monoisotopic (exact) mass is 324 g/mol. The van der Waals surface area contributed by atoms with Gasteiger partial charge in [0, 0.05) is 5.56 Å². The Bertz CT molecular complexity index is 830. The van der Waals surface area contributed by atoms with E-state index >= 15 is 0 Å². The summed E-state index contributed by atoms with van der Waals surface area (Å²) in [7, 11) is 0. The summed E-state index contributed by atoms with van der Waals surface area (Å²) in [6.07, 6.45) is 1.57. The van der Waals surface area contributed by atoms with Crippen LogP contribution in [-0.4, -0.2) is 11.6 Å². The van der Waals surface area contributed by atoms with Gasteiger partial charge in [0.25, 0.3) is 5.91 Å². The summed E-state index contributed by atoms with van der Waals surface area (Å²) < 4.78 is 5.24. The lowest BCUT2D eigenvalue weighted by molar-refractivity contribution is 0.0959. The van der Waals surface area contributed by atoms with Crippen molar-refractivity contribution in [1.29, 1.82) is 0 Å². The Morgan fingerprint density at radius 3 is 2.65 bits per heavy atom. The Hall–Kier alpha value is -2.66. The van der Waals surface area contributed by atoms with Crippen molar-refractivity contribution in [2.45, 2.75) is 13.8 Å². The fraction of sp³-hybridized carbons (Fsp3) is 0.111. The van der Waals surface area contributed by atoms with Crippen molar-refractivity contribution in [3.63, 3.8) is 0 Å². The minimum absolute atomic E-state index is 0.221. The second-order valence-corrected chi connectivity index (χ2v) is 6.06. The molecule has 0 unspecified atom stereocenters. The van der Waals surface area contributed by atoms with Crippen LogP contribution in [0.5, 0.6) is 0 Å². The molecule has 0 saturated heterocycles. The molecular weight excluding hydrogens is 308 g/mol. The number of thiophene rings is 1. The van der Waals surface area contributed by atoms with Crippen molar-refractivity contribution in [1.82, 2.24) is 5.43 Å². The number of rotatable bonds is 4. The number of nitrogens with one attached hydrogen (secondary N) is 1. The predicted molar refractivity (Wildman–Crippen MR) is 92.9 cm³/mol. The predicted octanol–water partition coefficient (Wildman–Crippen LogP) is 4.47. The summed E-state index contributed by atoms with van der Waals surface area (Å²) in [5, 5.41) is 6.01. The first-order valence-electron chi connectivity index (χ1n) is 7.18. The highest BCUT2D eigenvalue weighted by atomic mass is 32.1. The minimum Gasteiger partial charge on any atom is -0.463 e. The lowest BCUT2D eigenvalue weighted by Crippen LogP contribution is -2.18. The van der Waals surface area contributed by atoms with Crippen molar-refractivity contribution < 1.29 is 9.21 Å². The second kappa shape index (κ2) is 6.62. The molecule has 0 atom stereocenters. The van der Waals surface area contributed by atoms with Gasteiger partial charge in [0.05, 0.1) is 6.26 Å². The number of hydrazone groups is 1. The normalized spacial score (nSPS) is 11.5. The summed E-state index contributed by atoms with van der Waals surface area (Å²) in [6, 6.07) is 13.6. The van der Waals surface area contributed by atoms with E-state index in [-0.39, 0.29) is 5.91 Å². The largest absolute Gasteiger partial charge is 0.463 e. The van der Waals surface area contributed by atoms with Crippen LogP contribution in [0.2, 0.25) is 0 Å². The number of hydrogen-bond donors (Lipinski definition) is 1. The molecule has 0 aliphatic rings. The van der Waals surface area contributed by atoms with E-state index in [0.29, 0.717) is 16.3 Å². The van der Waals surface area contributed by atoms with E-state index in [9.17, 15) is 4.79 Å². The average Bonchev–Trinajstić information content (AvgIpc) is 3.24. The van der Waals surface area contributed by atoms with Crippen molar-refractivity contribution in [2.75, 3.05) is 0 Å². The van der Waals surface area contributed by atoms with E-state index < -0.39 is 0 Å². The maximum atomic E-state index is 12.4. The molecule has 2 aromatic heterocycles. The highest BCUT2D eigenvalue weighted by molar-refractivity contribution is 7.12. The third kappa shape index (κ3) is 3.40. The van der Waals surface area contributed by atoms with Gasteiger partial charge in [0.1, 0.15) is 16.3 Å². The molecule has 1 amide bonds. The third-order valence-electron chi connectivity index (χ3n) is 3.44. The van der Waals surface area contributed by atoms with Gasteiger partial charge in [0.2, 0.25) is 0 Å². The van der Waals surface area contributed by atoms with Crippen LogP contribution in [0, 0.1) is 6.92 Å². The zero-order valence-corrected chi connectivity index (χ0v) is 13.7. The van der Waals surface area contributed by atoms with Gasteiger partial charge in [-0.3, -0.25) is 4.79 Å². The van der Waals surface area contributed by atoms with E-state index in [1.165, 1.54) is 16.9 Å². The maximum Gasteiger partial charge on any atom is 0.282 e. The van der Waals surface area contributed by atoms with Gasteiger partial charge in [-0.25, -0.2) is 5.43 Å². The molecule has 1 N–H and O–H groups in total. The van der Waals surface area contributed by atoms with Crippen molar-refractivity contribution in [3.05, 3.63) is 70.3 Å². The SMILES string of the molecule is C/C(=N/NC(=O)c1sccc1-c1ccc(C)cc1)c1ccco1. The number of nitrogens with zero attached hydrogens (tertiary/aromatic N) is 1. The Labute approximate surface area is 138 Å². The van der Waals surface area contributed by atoms with Crippen LogP contribution in [0.4, 0.5) is 0 Å². The first kappa shape index (κ1) is 15.2. The molecule has 116 valence electrons. The molecule has 0 bridgehead atoms. The van der Waals surface area contributed by atoms with Crippen LogP contribution in [0.15, 0.2) is 63.6 Å². The lowest BCUT2D eigenvalue weighted by Gasteiger charge is -2.04. The zero-order valence-electron chi connectivity index (χ0n) is 12.9. The van der Waals surface area contributed by atoms with Crippen molar-refractivity contribution in [3.8, 4) is 11.1 Å². The summed E-state index contributed by atoms with van der Waals surface area (Å²) in [5.41, 5.74) is 6.34. The second-order valence-electron chi connectivity index (χ2n) is 5.14. The number of aryl methyl sites for hydroxylation is 1. The molecule has 0 radical (unpaired) electrons. The summed E-state index contributed by atoms with van der Waals surface area (Å²) in [4.78, 5) is 13.0. The van der Waals surface area contributed by atoms with Gasteiger partial charge >= 0.3 is 0 Å². The van der Waals surface area contributed by atoms with Crippen LogP contribution in [0.1, 0.15) is 27.9 Å². The highest BCUT2D eigenvalue weighted by Gasteiger charge is 2.14. The van der Waals surface area contributed by atoms with Crippen LogP contribution in [0.3, 0.4) is 0 Å². The number of hydrogen-bond acceptors (Lipinski definition) is 4. The fourth-order valence-corrected chi connectivity index (χ4v) is 2.98. The van der Waals surface area contributed by atoms with Gasteiger partial charge < -0.3 is 4.42 Å². The summed E-state index contributed by atoms with van der Waals surface area (Å²) in [6.45, 7) is 3.82. The maximum absolute atomic E-state index is 12.4. The van der Waals surface area contributed by atoms with Crippen LogP contribution < -0.4 is 5.43 Å². The first-order valence-corrected chi connectivity index (χ1v) is 8.06. The van der Waals surface area contributed by atoms with Crippen LogP contribution >= 0.6 is 11.3 Å². The highest BCUT2D eigenvalue weighted by Crippen LogP contribution is 2.28. The topological polar surface area (TPSA) is 54.6 Å². The molecule has 1 aromatic carbocycles. The van der Waals surface area contributed by atoms with E-state index in [0.717, 1.165) is 11.1 Å². The number of carbonyl (C=O) groups is 1. The molecule has 0 fully saturated rings. The van der Waals surface area contributed by atoms with Crippen molar-refractivity contribution >= 4 is 23.0 Å². The molecule has 3 aromatic rings. The Kier molecular flexibility index (Phi) is 4.39. The van der Waals surface area contributed by atoms with Gasteiger partial charge in [-0.15, -0.1) is 11.3 Å². The summed E-state index contributed by atoms with van der Waals surface area (Å²) >= 11 is 1.40. The van der Waals surface area contributed by atoms with Gasteiger partial charge in [-0.2, -0.15) is 5.10 Å². The molecule has 23 heavy (non-hydrogen) atoms. The smallest absolute Gasteiger partial charge is 0.282 e. The lowest BCUT2D eigenvalue weighted by atomic mass is 10.1. The van der Waals surface area contributed by atoms with E-state index in [1.807, 2.05) is 42.6 Å². The minimum atomic E-state index is -0.221. The third-order valence-corrected chi connectivity index (χ3v) is 4.35. The molecule has 2 heterocycles. The molecular formula is C18H16N2O2S. The van der Waals surface area contributed by atoms with Crippen LogP contribution in [0.25, 0.3) is 11.1 Å². The average molecular weight is 324 g/mol. The molecule has 0 saturated carbocycles. The fourth-order valence-electron chi connectivity index (χ4n) is 2.17. The molecule has 0 spiro atoms. The number of amides is 1. The zero-order chi connectivity index (χ0) is 16.2. The molecule has 4 nitrogen and oxygen atoms in total. The Morgan fingerprint density at radius 1 is 1.17 bits per heavy atom. The number of benzene rings is 1. The van der Waals surface area contributed by atoms with Gasteiger partial charge in [0.15, 0.2) is 0 Å². The van der Waals surface area contributed by atoms with Crippen LogP contribution in [-0.2, 0) is 0 Å². The standard InChI is InChI=1S/C18H16N2O2S/c1-12-5-7-14(8-6-12)15-9-11-23-17(15)18(21)20-19-13(2)16-4-3-10-22-16/h3-11H,1-2H3,(H,20,21)/b19-13-. The first-order chi connectivity index (χ1) is 11.1. The molecule has 3 rings (SSSR count). The Morgan fingerprint density at radius 2 is 1.96 bits per heavy atom. The van der Waals surface area contributed by atoms with E-state index in [2.05, 4.69) is 10.5 Å². The quantitative estimate of drug-likeness (QED) is 0.568. The van der Waals surface area contributed by atoms with Gasteiger partial charge in [-0.1, -0.05) is 29.8 Å². The Balaban J connectivity index is 1.80. The van der Waals surface area contributed by atoms with Gasteiger partial charge in [-0.05, 0) is 43.0 Å². The molecule has 0 aliphatic carbocycles. The summed E-state index contributed by atoms with van der Waals surface area (Å²) in [5.74, 6) is 0.414. The van der Waals surface area contributed by atoms with E-state index in [4.69, 9.17) is 4.42 Å². The number of furan rings is 1. The van der Waals surface area contributed by atoms with E-state index in [1.54, 1.807) is 25.3 Å².